The molecule has 7 nitrogen and oxygen atoms in total. The Morgan fingerprint density at radius 1 is 1.35 bits per heavy atom. The van der Waals surface area contributed by atoms with Gasteiger partial charge in [-0.2, -0.15) is 0 Å². The summed E-state index contributed by atoms with van der Waals surface area (Å²) >= 11 is 0. The maximum atomic E-state index is 12.1. The highest BCUT2D eigenvalue weighted by Gasteiger charge is 2.48. The smallest absolute Gasteiger partial charge is 0.322 e. The summed E-state index contributed by atoms with van der Waals surface area (Å²) in [5.74, 6) is -0.221. The summed E-state index contributed by atoms with van der Waals surface area (Å²) in [6, 6.07) is -0.445. The number of likely N-dealkylation sites (tertiary alicyclic amines) is 1. The summed E-state index contributed by atoms with van der Waals surface area (Å²) in [5.41, 5.74) is 4.70. The number of nitrogens with two attached hydrogens (primary N) is 1. The monoisotopic (exact) mass is 282 g/mol. The van der Waals surface area contributed by atoms with E-state index in [1.54, 1.807) is 4.90 Å². The van der Waals surface area contributed by atoms with Crippen molar-refractivity contribution in [1.29, 1.82) is 0 Å². The number of nitrogens with zero attached hydrogens (tertiary/aromatic N) is 1. The zero-order valence-electron chi connectivity index (χ0n) is 12.0. The van der Waals surface area contributed by atoms with E-state index in [4.69, 9.17) is 5.73 Å². The van der Waals surface area contributed by atoms with Crippen molar-refractivity contribution < 1.29 is 14.4 Å². The van der Waals surface area contributed by atoms with Crippen LogP contribution >= 0.6 is 0 Å². The number of piperidine rings is 1. The van der Waals surface area contributed by atoms with E-state index in [1.165, 1.54) is 0 Å². The molecule has 112 valence electrons. The number of amides is 4. The molecule has 4 amide bonds. The van der Waals surface area contributed by atoms with Crippen LogP contribution in [0.2, 0.25) is 0 Å². The summed E-state index contributed by atoms with van der Waals surface area (Å²) < 4.78 is 0. The second kappa shape index (κ2) is 5.05. The summed E-state index contributed by atoms with van der Waals surface area (Å²) in [5, 5.41) is 4.93. The SMILES string of the molecule is CC(C)(N)CCC(=O)N1CCC2(CC1)NC(=O)NC2=O. The molecule has 0 bridgehead atoms. The Morgan fingerprint density at radius 3 is 2.40 bits per heavy atom. The molecule has 2 aliphatic heterocycles. The van der Waals surface area contributed by atoms with Crippen LogP contribution in [0.15, 0.2) is 0 Å². The summed E-state index contributed by atoms with van der Waals surface area (Å²) in [6.45, 7) is 4.75. The van der Waals surface area contributed by atoms with Crippen molar-refractivity contribution in [2.45, 2.75) is 50.6 Å². The van der Waals surface area contributed by atoms with Gasteiger partial charge in [-0.05, 0) is 33.1 Å². The number of hydrogen-bond acceptors (Lipinski definition) is 4. The van der Waals surface area contributed by atoms with Crippen LogP contribution in [0.4, 0.5) is 4.79 Å². The Hall–Kier alpha value is -1.63. The average molecular weight is 282 g/mol. The fourth-order valence-electron chi connectivity index (χ4n) is 2.61. The van der Waals surface area contributed by atoms with Gasteiger partial charge in [0.25, 0.3) is 5.91 Å². The van der Waals surface area contributed by atoms with Crippen LogP contribution in [0.25, 0.3) is 0 Å². The van der Waals surface area contributed by atoms with E-state index in [2.05, 4.69) is 10.6 Å². The molecule has 2 heterocycles. The highest BCUT2D eigenvalue weighted by molar-refractivity contribution is 6.07. The van der Waals surface area contributed by atoms with E-state index in [0.717, 1.165) is 0 Å². The van der Waals surface area contributed by atoms with Gasteiger partial charge in [-0.15, -0.1) is 0 Å². The van der Waals surface area contributed by atoms with Gasteiger partial charge in [-0.1, -0.05) is 0 Å². The van der Waals surface area contributed by atoms with Gasteiger partial charge in [0, 0.05) is 25.0 Å². The Balaban J connectivity index is 1.87. The van der Waals surface area contributed by atoms with Crippen LogP contribution in [0.5, 0.6) is 0 Å². The fraction of sp³-hybridized carbons (Fsp3) is 0.769. The molecule has 0 atom stereocenters. The van der Waals surface area contributed by atoms with Crippen molar-refractivity contribution in [3.8, 4) is 0 Å². The van der Waals surface area contributed by atoms with Crippen molar-refractivity contribution >= 4 is 17.8 Å². The summed E-state index contributed by atoms with van der Waals surface area (Å²) in [4.78, 5) is 36.8. The maximum absolute atomic E-state index is 12.1. The van der Waals surface area contributed by atoms with E-state index >= 15 is 0 Å². The fourth-order valence-corrected chi connectivity index (χ4v) is 2.61. The first-order chi connectivity index (χ1) is 9.22. The quantitative estimate of drug-likeness (QED) is 0.618. The normalized spacial score (nSPS) is 21.9. The highest BCUT2D eigenvalue weighted by Crippen LogP contribution is 2.26. The van der Waals surface area contributed by atoms with Gasteiger partial charge in [0.15, 0.2) is 0 Å². The molecule has 0 aromatic heterocycles. The molecule has 0 saturated carbocycles. The van der Waals surface area contributed by atoms with Crippen LogP contribution < -0.4 is 16.4 Å². The Morgan fingerprint density at radius 2 is 1.95 bits per heavy atom. The predicted molar refractivity (Wildman–Crippen MR) is 72.7 cm³/mol. The molecule has 2 saturated heterocycles. The third-order valence-electron chi connectivity index (χ3n) is 3.97. The zero-order chi connectivity index (χ0) is 15.0. The van der Waals surface area contributed by atoms with Crippen LogP contribution in [0.3, 0.4) is 0 Å². The van der Waals surface area contributed by atoms with Crippen molar-refractivity contribution in [2.75, 3.05) is 13.1 Å². The van der Waals surface area contributed by atoms with Gasteiger partial charge in [0.05, 0.1) is 0 Å². The molecule has 2 rings (SSSR count). The molecule has 0 aromatic carbocycles. The first kappa shape index (κ1) is 14.8. The second-order valence-corrected chi connectivity index (χ2v) is 6.36. The highest BCUT2D eigenvalue weighted by atomic mass is 16.2. The third-order valence-corrected chi connectivity index (χ3v) is 3.97. The van der Waals surface area contributed by atoms with Crippen LogP contribution in [-0.2, 0) is 9.59 Å². The van der Waals surface area contributed by atoms with Crippen molar-refractivity contribution in [3.63, 3.8) is 0 Å². The Bertz CT molecular complexity index is 433. The van der Waals surface area contributed by atoms with Gasteiger partial charge in [0.2, 0.25) is 5.91 Å². The molecule has 20 heavy (non-hydrogen) atoms. The lowest BCUT2D eigenvalue weighted by Crippen LogP contribution is -2.55. The van der Waals surface area contributed by atoms with E-state index in [1.807, 2.05) is 13.8 Å². The minimum absolute atomic E-state index is 0.0584. The Kier molecular flexibility index (Phi) is 3.73. The van der Waals surface area contributed by atoms with Gasteiger partial charge in [0.1, 0.15) is 5.54 Å². The van der Waals surface area contributed by atoms with Crippen LogP contribution in [0, 0.1) is 0 Å². The Labute approximate surface area is 118 Å². The van der Waals surface area contributed by atoms with E-state index < -0.39 is 11.6 Å². The van der Waals surface area contributed by atoms with Crippen LogP contribution in [0.1, 0.15) is 39.5 Å². The molecule has 4 N–H and O–H groups in total. The second-order valence-electron chi connectivity index (χ2n) is 6.36. The number of carbonyl (C=O) groups excluding carboxylic acids is 3. The largest absolute Gasteiger partial charge is 0.342 e. The molecule has 2 aliphatic rings. The number of imide groups is 1. The minimum Gasteiger partial charge on any atom is -0.342 e. The summed E-state index contributed by atoms with van der Waals surface area (Å²) in [7, 11) is 0. The number of urea groups is 1. The molecule has 2 fully saturated rings. The van der Waals surface area contributed by atoms with Crippen LogP contribution in [-0.4, -0.2) is 46.9 Å². The predicted octanol–water partition coefficient (Wildman–Crippen LogP) is -0.295. The number of nitrogens with one attached hydrogen (secondary N) is 2. The standard InChI is InChI=1S/C13H22N4O3/c1-12(2,14)4-3-9(18)17-7-5-13(6-8-17)10(19)15-11(20)16-13/h3-8,14H2,1-2H3,(H2,15,16,19,20). The zero-order valence-corrected chi connectivity index (χ0v) is 12.0. The number of carbonyl (C=O) groups is 3. The van der Waals surface area contributed by atoms with Crippen molar-refractivity contribution in [2.24, 2.45) is 5.73 Å². The van der Waals surface area contributed by atoms with Gasteiger partial charge in [-0.3, -0.25) is 14.9 Å². The van der Waals surface area contributed by atoms with Crippen molar-refractivity contribution in [1.82, 2.24) is 15.5 Å². The van der Waals surface area contributed by atoms with E-state index in [-0.39, 0.29) is 17.4 Å². The van der Waals surface area contributed by atoms with Crippen molar-refractivity contribution in [3.05, 3.63) is 0 Å². The number of hydrogen-bond donors (Lipinski definition) is 3. The number of rotatable bonds is 3. The topological polar surface area (TPSA) is 105 Å². The first-order valence-corrected chi connectivity index (χ1v) is 6.92. The lowest BCUT2D eigenvalue weighted by molar-refractivity contribution is -0.136. The molecule has 0 aliphatic carbocycles. The molecular formula is C13H22N4O3. The summed E-state index contributed by atoms with van der Waals surface area (Å²) in [6.07, 6.45) is 1.96. The molecule has 0 radical (unpaired) electrons. The average Bonchev–Trinajstić information content (AvgIpc) is 2.61. The van der Waals surface area contributed by atoms with Gasteiger partial charge in [-0.25, -0.2) is 4.79 Å². The molecule has 1 spiro atoms. The van der Waals surface area contributed by atoms with Gasteiger partial charge < -0.3 is 16.0 Å². The van der Waals surface area contributed by atoms with Gasteiger partial charge >= 0.3 is 6.03 Å². The van der Waals surface area contributed by atoms with E-state index in [9.17, 15) is 14.4 Å². The lowest BCUT2D eigenvalue weighted by Gasteiger charge is -2.37. The van der Waals surface area contributed by atoms with E-state index in [0.29, 0.717) is 38.8 Å². The minimum atomic E-state index is -0.818. The molecular weight excluding hydrogens is 260 g/mol. The molecule has 0 unspecified atom stereocenters. The first-order valence-electron chi connectivity index (χ1n) is 6.92. The molecule has 0 aromatic rings. The lowest BCUT2D eigenvalue weighted by atomic mass is 9.87. The maximum Gasteiger partial charge on any atom is 0.322 e. The third kappa shape index (κ3) is 3.09. The molecule has 7 heteroatoms.